The summed E-state index contributed by atoms with van der Waals surface area (Å²) in [6, 6.07) is 11.1. The van der Waals surface area contributed by atoms with E-state index in [9.17, 15) is 26.7 Å². The number of ether oxygens (including phenoxy) is 1. The van der Waals surface area contributed by atoms with Gasteiger partial charge >= 0.3 is 6.36 Å². The van der Waals surface area contributed by atoms with E-state index in [1.807, 2.05) is 0 Å². The smallest absolute Gasteiger partial charge is 0.406 e. The fraction of sp³-hybridized carbons (Fsp3) is 0.182. The molecule has 3 rings (SSSR count). The van der Waals surface area contributed by atoms with Crippen LogP contribution in [0.15, 0.2) is 60.8 Å². The molecule has 2 N–H and O–H groups in total. The molecule has 0 fully saturated rings. The van der Waals surface area contributed by atoms with Crippen LogP contribution >= 0.6 is 0 Å². The number of nitrogens with two attached hydrogens (primary N) is 1. The maximum Gasteiger partial charge on any atom is 0.573 e. The Kier molecular flexibility index (Phi) is 6.65. The first-order valence-corrected chi connectivity index (χ1v) is 9.19. The molecular formula is C22H17F5N2O2. The number of rotatable bonds is 7. The number of carbonyl (C=O) groups is 1. The summed E-state index contributed by atoms with van der Waals surface area (Å²) in [4.78, 5) is 16.4. The van der Waals surface area contributed by atoms with E-state index in [0.29, 0.717) is 16.8 Å². The van der Waals surface area contributed by atoms with E-state index in [0.717, 1.165) is 12.1 Å². The van der Waals surface area contributed by atoms with Gasteiger partial charge in [-0.1, -0.05) is 12.1 Å². The van der Waals surface area contributed by atoms with E-state index in [4.69, 9.17) is 5.73 Å². The van der Waals surface area contributed by atoms with Crippen molar-refractivity contribution >= 4 is 5.78 Å². The number of carbonyl (C=O) groups excluding carboxylic acids is 1. The van der Waals surface area contributed by atoms with Crippen LogP contribution < -0.4 is 10.5 Å². The summed E-state index contributed by atoms with van der Waals surface area (Å²) in [5.74, 6) is -2.87. The zero-order valence-electron chi connectivity index (χ0n) is 16.0. The maximum atomic E-state index is 13.7. The molecule has 1 aromatic heterocycles. The van der Waals surface area contributed by atoms with Crippen LogP contribution in [0.25, 0.3) is 11.3 Å². The number of alkyl halides is 3. The third-order valence-corrected chi connectivity index (χ3v) is 4.52. The minimum Gasteiger partial charge on any atom is -0.406 e. The molecule has 1 unspecified atom stereocenters. The van der Waals surface area contributed by atoms with Crippen molar-refractivity contribution in [1.29, 1.82) is 0 Å². The fourth-order valence-corrected chi connectivity index (χ4v) is 2.97. The van der Waals surface area contributed by atoms with Crippen molar-refractivity contribution in [3.05, 3.63) is 83.6 Å². The van der Waals surface area contributed by atoms with Gasteiger partial charge in [0, 0.05) is 24.2 Å². The Morgan fingerprint density at radius 3 is 2.19 bits per heavy atom. The normalized spacial score (nSPS) is 12.5. The van der Waals surface area contributed by atoms with Gasteiger partial charge in [-0.2, -0.15) is 0 Å². The molecule has 0 aliphatic carbocycles. The summed E-state index contributed by atoms with van der Waals surface area (Å²) in [6.45, 7) is 0. The van der Waals surface area contributed by atoms with Crippen molar-refractivity contribution in [1.82, 2.24) is 4.98 Å². The van der Waals surface area contributed by atoms with E-state index in [1.54, 1.807) is 12.1 Å². The van der Waals surface area contributed by atoms with E-state index >= 15 is 0 Å². The molecule has 0 aliphatic heterocycles. The van der Waals surface area contributed by atoms with Crippen LogP contribution in [0.2, 0.25) is 0 Å². The maximum absolute atomic E-state index is 13.7. The number of nitrogens with zero attached hydrogens (tertiary/aromatic N) is 1. The highest BCUT2D eigenvalue weighted by atomic mass is 19.4. The first-order chi connectivity index (χ1) is 14.6. The Balaban J connectivity index is 1.62. The molecule has 0 spiro atoms. The van der Waals surface area contributed by atoms with Gasteiger partial charge in [-0.3, -0.25) is 9.78 Å². The first-order valence-electron chi connectivity index (χ1n) is 9.19. The lowest BCUT2D eigenvalue weighted by atomic mass is 9.99. The van der Waals surface area contributed by atoms with E-state index < -0.39 is 35.4 Å². The second kappa shape index (κ2) is 9.22. The number of ketones is 1. The molecule has 4 nitrogen and oxygen atoms in total. The van der Waals surface area contributed by atoms with Gasteiger partial charge in [-0.05, 0) is 54.4 Å². The molecule has 0 aliphatic rings. The fourth-order valence-electron chi connectivity index (χ4n) is 2.97. The SMILES string of the molecule is NC(CCC(=O)c1c(F)cccc1F)c1ccc(-c2ccc(OC(F)(F)F)cc2)nc1. The van der Waals surface area contributed by atoms with Crippen molar-refractivity contribution < 1.29 is 31.5 Å². The van der Waals surface area contributed by atoms with E-state index in [2.05, 4.69) is 9.72 Å². The second-order valence-electron chi connectivity index (χ2n) is 6.71. The Labute approximate surface area is 174 Å². The minimum atomic E-state index is -4.77. The van der Waals surface area contributed by atoms with Crippen molar-refractivity contribution in [3.8, 4) is 17.0 Å². The van der Waals surface area contributed by atoms with Gasteiger partial charge in [-0.25, -0.2) is 8.78 Å². The summed E-state index contributed by atoms with van der Waals surface area (Å²) in [7, 11) is 0. The third-order valence-electron chi connectivity index (χ3n) is 4.52. The van der Waals surface area contributed by atoms with Gasteiger partial charge in [0.2, 0.25) is 0 Å². The standard InChI is InChI=1S/C22H17F5N2O2/c23-16-2-1-3-17(24)21(16)20(30)11-9-18(28)14-6-10-19(29-12-14)13-4-7-15(8-5-13)31-22(25,26)27/h1-8,10,12,18H,9,11,28H2. The van der Waals surface area contributed by atoms with Gasteiger partial charge in [0.1, 0.15) is 17.4 Å². The number of pyridine rings is 1. The molecule has 0 amide bonds. The predicted octanol–water partition coefficient (Wildman–Crippen LogP) is 5.59. The highest BCUT2D eigenvalue weighted by Gasteiger charge is 2.31. The van der Waals surface area contributed by atoms with Crippen LogP contribution in [0.5, 0.6) is 5.75 Å². The quantitative estimate of drug-likeness (QED) is 0.388. The van der Waals surface area contributed by atoms with Crippen LogP contribution in [-0.4, -0.2) is 17.1 Å². The number of halogens is 5. The third kappa shape index (κ3) is 5.85. The van der Waals surface area contributed by atoms with Crippen molar-refractivity contribution in [2.24, 2.45) is 5.73 Å². The first kappa shape index (κ1) is 22.4. The predicted molar refractivity (Wildman–Crippen MR) is 103 cm³/mol. The molecule has 1 atom stereocenters. The number of aromatic nitrogens is 1. The molecular weight excluding hydrogens is 419 g/mol. The van der Waals surface area contributed by atoms with E-state index in [1.165, 1.54) is 36.5 Å². The van der Waals surface area contributed by atoms with Crippen LogP contribution in [0, 0.1) is 11.6 Å². The Hall–Kier alpha value is -3.33. The zero-order chi connectivity index (χ0) is 22.6. The average Bonchev–Trinajstić information content (AvgIpc) is 2.71. The van der Waals surface area contributed by atoms with Crippen LogP contribution in [-0.2, 0) is 0 Å². The second-order valence-corrected chi connectivity index (χ2v) is 6.71. The molecule has 9 heteroatoms. The van der Waals surface area contributed by atoms with Gasteiger partial charge in [0.25, 0.3) is 0 Å². The molecule has 1 heterocycles. The number of Topliss-reactive ketones (excluding diaryl/α,β-unsaturated/α-hetero) is 1. The molecule has 3 aromatic rings. The number of benzene rings is 2. The molecule has 0 saturated carbocycles. The van der Waals surface area contributed by atoms with Gasteiger partial charge in [0.05, 0.1) is 11.3 Å². The van der Waals surface area contributed by atoms with Crippen molar-refractivity contribution in [2.75, 3.05) is 0 Å². The lowest BCUT2D eigenvalue weighted by molar-refractivity contribution is -0.274. The Morgan fingerprint density at radius 2 is 1.65 bits per heavy atom. The van der Waals surface area contributed by atoms with Crippen LogP contribution in [0.3, 0.4) is 0 Å². The van der Waals surface area contributed by atoms with Crippen molar-refractivity contribution in [3.63, 3.8) is 0 Å². The van der Waals surface area contributed by atoms with E-state index in [-0.39, 0.29) is 18.6 Å². The summed E-state index contributed by atoms with van der Waals surface area (Å²) in [5.41, 5.74) is 7.15. The van der Waals surface area contributed by atoms with Crippen LogP contribution in [0.1, 0.15) is 34.8 Å². The molecule has 0 saturated heterocycles. The highest BCUT2D eigenvalue weighted by molar-refractivity contribution is 5.96. The summed E-state index contributed by atoms with van der Waals surface area (Å²) < 4.78 is 67.9. The Bertz CT molecular complexity index is 1030. The van der Waals surface area contributed by atoms with Gasteiger partial charge < -0.3 is 10.5 Å². The molecule has 162 valence electrons. The zero-order valence-corrected chi connectivity index (χ0v) is 16.0. The molecule has 0 radical (unpaired) electrons. The average molecular weight is 436 g/mol. The molecule has 0 bridgehead atoms. The van der Waals surface area contributed by atoms with Crippen molar-refractivity contribution in [2.45, 2.75) is 25.2 Å². The number of hydrogen-bond donors (Lipinski definition) is 1. The molecule has 31 heavy (non-hydrogen) atoms. The topological polar surface area (TPSA) is 65.2 Å². The summed E-state index contributed by atoms with van der Waals surface area (Å²) >= 11 is 0. The van der Waals surface area contributed by atoms with Crippen LogP contribution in [0.4, 0.5) is 22.0 Å². The monoisotopic (exact) mass is 436 g/mol. The lowest BCUT2D eigenvalue weighted by Crippen LogP contribution is -2.16. The largest absolute Gasteiger partial charge is 0.573 e. The number of hydrogen-bond acceptors (Lipinski definition) is 4. The minimum absolute atomic E-state index is 0.150. The summed E-state index contributed by atoms with van der Waals surface area (Å²) in [5, 5.41) is 0. The highest BCUT2D eigenvalue weighted by Crippen LogP contribution is 2.27. The molecule has 2 aromatic carbocycles. The van der Waals surface area contributed by atoms with Gasteiger partial charge in [-0.15, -0.1) is 13.2 Å². The Morgan fingerprint density at radius 1 is 1.00 bits per heavy atom. The van der Waals surface area contributed by atoms with Gasteiger partial charge in [0.15, 0.2) is 5.78 Å². The lowest BCUT2D eigenvalue weighted by Gasteiger charge is -2.13. The summed E-state index contributed by atoms with van der Waals surface area (Å²) in [6.07, 6.45) is -3.29.